The van der Waals surface area contributed by atoms with Crippen molar-refractivity contribution in [2.45, 2.75) is 26.2 Å². The van der Waals surface area contributed by atoms with Crippen LogP contribution in [-0.4, -0.2) is 4.98 Å². The first kappa shape index (κ1) is 11.2. The molecule has 0 saturated carbocycles. The maximum Gasteiger partial charge on any atom is 0.0740 e. The van der Waals surface area contributed by atoms with Crippen LogP contribution in [0.3, 0.4) is 0 Å². The van der Waals surface area contributed by atoms with Crippen molar-refractivity contribution < 1.29 is 0 Å². The van der Waals surface area contributed by atoms with Crippen LogP contribution in [-0.2, 0) is 0 Å². The number of nitrogens with zero attached hydrogens (tertiary/aromatic N) is 1. The Kier molecular flexibility index (Phi) is 2.55. The molecular formula is C17H17N. The van der Waals surface area contributed by atoms with Crippen LogP contribution in [0.1, 0.15) is 47.2 Å². The number of aryl methyl sites for hydroxylation is 1. The van der Waals surface area contributed by atoms with Gasteiger partial charge in [-0.3, -0.25) is 4.98 Å². The van der Waals surface area contributed by atoms with Crippen LogP contribution >= 0.6 is 0 Å². The van der Waals surface area contributed by atoms with Crippen molar-refractivity contribution in [3.8, 4) is 0 Å². The maximum absolute atomic E-state index is 4.53. The molecule has 1 aliphatic carbocycles. The number of hydrogen-bond acceptors (Lipinski definition) is 1. The van der Waals surface area contributed by atoms with Crippen molar-refractivity contribution in [2.24, 2.45) is 0 Å². The van der Waals surface area contributed by atoms with Gasteiger partial charge in [0.25, 0.3) is 0 Å². The van der Waals surface area contributed by atoms with E-state index in [0.29, 0.717) is 5.92 Å². The van der Waals surface area contributed by atoms with Crippen molar-refractivity contribution in [3.05, 3.63) is 71.1 Å². The van der Waals surface area contributed by atoms with E-state index in [1.54, 1.807) is 0 Å². The third kappa shape index (κ3) is 1.43. The number of aromatic nitrogens is 1. The van der Waals surface area contributed by atoms with E-state index in [1.807, 2.05) is 12.3 Å². The topological polar surface area (TPSA) is 12.9 Å². The third-order valence-corrected chi connectivity index (χ3v) is 3.91. The van der Waals surface area contributed by atoms with Crippen molar-refractivity contribution in [3.63, 3.8) is 0 Å². The fourth-order valence-electron chi connectivity index (χ4n) is 3.06. The van der Waals surface area contributed by atoms with Crippen LogP contribution in [0.5, 0.6) is 0 Å². The fraction of sp³-hybridized carbons (Fsp3) is 0.235. The molecule has 1 heterocycles. The van der Waals surface area contributed by atoms with Gasteiger partial charge in [0.15, 0.2) is 0 Å². The van der Waals surface area contributed by atoms with Gasteiger partial charge in [-0.25, -0.2) is 0 Å². The highest BCUT2D eigenvalue weighted by atomic mass is 14.7. The van der Waals surface area contributed by atoms with Gasteiger partial charge in [-0.2, -0.15) is 0 Å². The summed E-state index contributed by atoms with van der Waals surface area (Å²) in [6, 6.07) is 10.7. The van der Waals surface area contributed by atoms with E-state index < -0.39 is 0 Å². The SMILES string of the molecule is C=C1c2cccc(C)c2C(CC)c2cccnc21. The number of pyridine rings is 1. The Morgan fingerprint density at radius 3 is 2.83 bits per heavy atom. The van der Waals surface area contributed by atoms with Crippen molar-refractivity contribution >= 4 is 5.57 Å². The predicted molar refractivity (Wildman–Crippen MR) is 75.7 cm³/mol. The Morgan fingerprint density at radius 2 is 2.06 bits per heavy atom. The average Bonchev–Trinajstić information content (AvgIpc) is 2.41. The van der Waals surface area contributed by atoms with E-state index in [-0.39, 0.29) is 0 Å². The normalized spacial score (nSPS) is 17.2. The molecule has 0 spiro atoms. The van der Waals surface area contributed by atoms with E-state index in [2.05, 4.69) is 49.7 Å². The van der Waals surface area contributed by atoms with Gasteiger partial charge in [0.1, 0.15) is 0 Å². The van der Waals surface area contributed by atoms with Crippen LogP contribution in [0, 0.1) is 6.92 Å². The smallest absolute Gasteiger partial charge is 0.0740 e. The molecule has 1 heteroatoms. The zero-order valence-corrected chi connectivity index (χ0v) is 10.9. The molecule has 0 amide bonds. The van der Waals surface area contributed by atoms with Gasteiger partial charge < -0.3 is 0 Å². The van der Waals surface area contributed by atoms with Gasteiger partial charge in [-0.05, 0) is 41.7 Å². The Balaban J connectivity index is 2.33. The van der Waals surface area contributed by atoms with Gasteiger partial charge in [0.05, 0.1) is 5.69 Å². The Morgan fingerprint density at radius 1 is 1.22 bits per heavy atom. The second-order valence-corrected chi connectivity index (χ2v) is 4.92. The van der Waals surface area contributed by atoms with Gasteiger partial charge in [-0.1, -0.05) is 37.8 Å². The molecule has 1 unspecified atom stereocenters. The molecule has 1 aliphatic rings. The molecule has 0 saturated heterocycles. The van der Waals surface area contributed by atoms with Crippen LogP contribution in [0.15, 0.2) is 43.1 Å². The van der Waals surface area contributed by atoms with Gasteiger partial charge in [0.2, 0.25) is 0 Å². The first-order valence-corrected chi connectivity index (χ1v) is 6.48. The lowest BCUT2D eigenvalue weighted by Crippen LogP contribution is -2.14. The summed E-state index contributed by atoms with van der Waals surface area (Å²) in [6.45, 7) is 8.68. The lowest BCUT2D eigenvalue weighted by molar-refractivity contribution is 0.752. The number of rotatable bonds is 1. The standard InChI is InChI=1S/C17H17N/c1-4-13-15-9-6-10-18-17(15)12(3)14-8-5-7-11(2)16(13)14/h5-10,13H,3-4H2,1-2H3. The molecule has 0 aliphatic heterocycles. The summed E-state index contributed by atoms with van der Waals surface area (Å²) in [5, 5.41) is 0. The molecule has 90 valence electrons. The molecule has 18 heavy (non-hydrogen) atoms. The summed E-state index contributed by atoms with van der Waals surface area (Å²) in [6.07, 6.45) is 2.96. The molecule has 1 aromatic heterocycles. The molecule has 0 N–H and O–H groups in total. The summed E-state index contributed by atoms with van der Waals surface area (Å²) >= 11 is 0. The Bertz CT molecular complexity index is 625. The molecule has 0 fully saturated rings. The van der Waals surface area contributed by atoms with E-state index >= 15 is 0 Å². The number of hydrogen-bond donors (Lipinski definition) is 0. The summed E-state index contributed by atoms with van der Waals surface area (Å²) in [5.41, 5.74) is 7.52. The molecule has 0 radical (unpaired) electrons. The minimum absolute atomic E-state index is 0.454. The van der Waals surface area contributed by atoms with E-state index in [1.165, 1.54) is 22.3 Å². The minimum atomic E-state index is 0.454. The molecule has 3 rings (SSSR count). The Hall–Kier alpha value is -1.89. The molecular weight excluding hydrogens is 218 g/mol. The summed E-state index contributed by atoms with van der Waals surface area (Å²) in [5.74, 6) is 0.454. The van der Waals surface area contributed by atoms with Crippen molar-refractivity contribution in [1.82, 2.24) is 4.98 Å². The lowest BCUT2D eigenvalue weighted by atomic mass is 9.75. The van der Waals surface area contributed by atoms with Crippen LogP contribution < -0.4 is 0 Å². The van der Waals surface area contributed by atoms with Crippen molar-refractivity contribution in [2.75, 3.05) is 0 Å². The first-order chi connectivity index (χ1) is 8.74. The van der Waals surface area contributed by atoms with E-state index in [0.717, 1.165) is 17.7 Å². The largest absolute Gasteiger partial charge is 0.256 e. The van der Waals surface area contributed by atoms with E-state index in [4.69, 9.17) is 0 Å². The van der Waals surface area contributed by atoms with E-state index in [9.17, 15) is 0 Å². The van der Waals surface area contributed by atoms with Crippen LogP contribution in [0.25, 0.3) is 5.57 Å². The summed E-state index contributed by atoms with van der Waals surface area (Å²) < 4.78 is 0. The summed E-state index contributed by atoms with van der Waals surface area (Å²) in [7, 11) is 0. The first-order valence-electron chi connectivity index (χ1n) is 6.48. The zero-order chi connectivity index (χ0) is 12.7. The highest BCUT2D eigenvalue weighted by molar-refractivity contribution is 5.84. The van der Waals surface area contributed by atoms with Crippen molar-refractivity contribution in [1.29, 1.82) is 0 Å². The second kappa shape index (κ2) is 4.09. The quantitative estimate of drug-likeness (QED) is 0.718. The highest BCUT2D eigenvalue weighted by Gasteiger charge is 2.28. The highest BCUT2D eigenvalue weighted by Crippen LogP contribution is 2.43. The molecule has 2 aromatic rings. The molecule has 1 aromatic carbocycles. The van der Waals surface area contributed by atoms with Crippen LogP contribution in [0.2, 0.25) is 0 Å². The zero-order valence-electron chi connectivity index (χ0n) is 10.9. The average molecular weight is 235 g/mol. The second-order valence-electron chi connectivity index (χ2n) is 4.92. The molecule has 1 nitrogen and oxygen atoms in total. The van der Waals surface area contributed by atoms with Gasteiger partial charge in [-0.15, -0.1) is 0 Å². The van der Waals surface area contributed by atoms with Crippen LogP contribution in [0.4, 0.5) is 0 Å². The lowest BCUT2D eigenvalue weighted by Gasteiger charge is -2.29. The number of fused-ring (bicyclic) bond motifs is 2. The number of benzene rings is 1. The maximum atomic E-state index is 4.53. The summed E-state index contributed by atoms with van der Waals surface area (Å²) in [4.78, 5) is 4.53. The third-order valence-electron chi connectivity index (χ3n) is 3.91. The monoisotopic (exact) mass is 235 g/mol. The molecule has 1 atom stereocenters. The Labute approximate surface area is 108 Å². The fourth-order valence-corrected chi connectivity index (χ4v) is 3.06. The van der Waals surface area contributed by atoms with Gasteiger partial charge in [0, 0.05) is 17.7 Å². The van der Waals surface area contributed by atoms with Gasteiger partial charge >= 0.3 is 0 Å². The molecule has 0 bridgehead atoms. The minimum Gasteiger partial charge on any atom is -0.256 e. The predicted octanol–water partition coefficient (Wildman–Crippen LogP) is 4.31.